The van der Waals surface area contributed by atoms with E-state index >= 15 is 0 Å². The Hall–Kier alpha value is -2.27. The van der Waals surface area contributed by atoms with Gasteiger partial charge in [-0.2, -0.15) is 4.31 Å². The smallest absolute Gasteiger partial charge is 0.255 e. The highest BCUT2D eigenvalue weighted by Crippen LogP contribution is 2.22. The Labute approximate surface area is 190 Å². The fourth-order valence-corrected chi connectivity index (χ4v) is 6.21. The van der Waals surface area contributed by atoms with E-state index in [0.29, 0.717) is 25.2 Å². The molecule has 174 valence electrons. The fourth-order valence-electron chi connectivity index (χ4n) is 3.37. The number of anilines is 1. The van der Waals surface area contributed by atoms with Crippen LogP contribution in [0.1, 0.15) is 49.9 Å². The fraction of sp³-hybridized carbons (Fsp3) is 0.409. The Kier molecular flexibility index (Phi) is 7.71. The minimum Gasteiger partial charge on any atom is -0.322 e. The monoisotopic (exact) mass is 479 g/mol. The van der Waals surface area contributed by atoms with Crippen molar-refractivity contribution in [3.63, 3.8) is 0 Å². The van der Waals surface area contributed by atoms with Crippen LogP contribution in [0.2, 0.25) is 0 Å². The zero-order chi connectivity index (χ0) is 23.4. The van der Waals surface area contributed by atoms with Gasteiger partial charge in [0.05, 0.1) is 9.79 Å². The molecule has 1 heterocycles. The summed E-state index contributed by atoms with van der Waals surface area (Å²) in [6, 6.07) is 11.5. The maximum absolute atomic E-state index is 12.7. The maximum Gasteiger partial charge on any atom is 0.255 e. The second-order valence-electron chi connectivity index (χ2n) is 7.90. The molecule has 10 heteroatoms. The lowest BCUT2D eigenvalue weighted by Gasteiger charge is -2.25. The predicted octanol–water partition coefficient (Wildman–Crippen LogP) is 3.19. The predicted molar refractivity (Wildman–Crippen MR) is 124 cm³/mol. The summed E-state index contributed by atoms with van der Waals surface area (Å²) in [6.07, 6.45) is 3.43. The molecule has 8 nitrogen and oxygen atoms in total. The summed E-state index contributed by atoms with van der Waals surface area (Å²) in [6.45, 7) is 4.72. The number of carbonyl (C=O) groups is 1. The Balaban J connectivity index is 1.67. The number of carbonyl (C=O) groups excluding carboxylic acids is 1. The molecule has 0 bridgehead atoms. The minimum atomic E-state index is -3.64. The van der Waals surface area contributed by atoms with Gasteiger partial charge in [0.15, 0.2) is 0 Å². The molecular formula is C22H29N3O5S2. The van der Waals surface area contributed by atoms with Gasteiger partial charge >= 0.3 is 0 Å². The van der Waals surface area contributed by atoms with E-state index in [1.807, 2.05) is 6.92 Å². The molecule has 2 aromatic rings. The summed E-state index contributed by atoms with van der Waals surface area (Å²) in [4.78, 5) is 12.8. The number of hydrogen-bond acceptors (Lipinski definition) is 5. The first kappa shape index (κ1) is 24.4. The van der Waals surface area contributed by atoms with Gasteiger partial charge in [0.25, 0.3) is 5.91 Å². The van der Waals surface area contributed by atoms with Crippen molar-refractivity contribution in [1.29, 1.82) is 0 Å². The molecule has 3 rings (SSSR count). The molecule has 1 aliphatic heterocycles. The molecule has 1 aliphatic rings. The van der Waals surface area contributed by atoms with Crippen LogP contribution in [0, 0.1) is 0 Å². The third-order valence-corrected chi connectivity index (χ3v) is 8.98. The lowest BCUT2D eigenvalue weighted by molar-refractivity contribution is 0.102. The first-order chi connectivity index (χ1) is 15.1. The summed E-state index contributed by atoms with van der Waals surface area (Å²) >= 11 is 0. The third kappa shape index (κ3) is 5.74. The van der Waals surface area contributed by atoms with E-state index < -0.39 is 26.0 Å². The van der Waals surface area contributed by atoms with E-state index in [0.717, 1.165) is 19.3 Å². The standard InChI is InChI=1S/C22H29N3O5S2/c1-3-17(2)24-31(27,28)20-11-7-18(8-12-20)22(26)23-19-9-13-21(14-10-19)32(29,30)25-15-5-4-6-16-25/h7-14,17,24H,3-6,15-16H2,1-2H3,(H,23,26). The zero-order valence-electron chi connectivity index (χ0n) is 18.2. The van der Waals surface area contributed by atoms with Crippen molar-refractivity contribution < 1.29 is 21.6 Å². The van der Waals surface area contributed by atoms with Crippen LogP contribution in [0.3, 0.4) is 0 Å². The molecule has 0 radical (unpaired) electrons. The van der Waals surface area contributed by atoms with Crippen LogP contribution in [0.4, 0.5) is 5.69 Å². The van der Waals surface area contributed by atoms with Crippen molar-refractivity contribution in [2.75, 3.05) is 18.4 Å². The first-order valence-corrected chi connectivity index (χ1v) is 13.6. The normalized spacial score (nSPS) is 16.4. The average Bonchev–Trinajstić information content (AvgIpc) is 2.79. The van der Waals surface area contributed by atoms with Crippen molar-refractivity contribution in [3.8, 4) is 0 Å². The third-order valence-electron chi connectivity index (χ3n) is 5.46. The Morgan fingerprint density at radius 2 is 1.47 bits per heavy atom. The number of nitrogens with zero attached hydrogens (tertiary/aromatic N) is 1. The number of hydrogen-bond donors (Lipinski definition) is 2. The molecule has 1 amide bonds. The lowest BCUT2D eigenvalue weighted by atomic mass is 10.2. The largest absolute Gasteiger partial charge is 0.322 e. The van der Waals surface area contributed by atoms with Crippen molar-refractivity contribution in [3.05, 3.63) is 54.1 Å². The molecule has 1 saturated heterocycles. The van der Waals surface area contributed by atoms with Gasteiger partial charge in [-0.1, -0.05) is 13.3 Å². The molecule has 2 N–H and O–H groups in total. The van der Waals surface area contributed by atoms with Gasteiger partial charge < -0.3 is 5.32 Å². The molecule has 1 unspecified atom stereocenters. The van der Waals surface area contributed by atoms with Crippen LogP contribution < -0.4 is 10.0 Å². The molecule has 32 heavy (non-hydrogen) atoms. The molecule has 0 saturated carbocycles. The Morgan fingerprint density at radius 1 is 0.906 bits per heavy atom. The van der Waals surface area contributed by atoms with Gasteiger partial charge in [0.2, 0.25) is 20.0 Å². The summed E-state index contributed by atoms with van der Waals surface area (Å²) in [5.41, 5.74) is 0.736. The van der Waals surface area contributed by atoms with Gasteiger partial charge in [-0.25, -0.2) is 21.6 Å². The van der Waals surface area contributed by atoms with Crippen LogP contribution in [-0.4, -0.2) is 46.2 Å². The number of sulfonamides is 2. The average molecular weight is 480 g/mol. The van der Waals surface area contributed by atoms with Crippen molar-refractivity contribution in [2.24, 2.45) is 0 Å². The highest BCUT2D eigenvalue weighted by molar-refractivity contribution is 7.89. The second kappa shape index (κ2) is 10.1. The van der Waals surface area contributed by atoms with E-state index in [2.05, 4.69) is 10.0 Å². The zero-order valence-corrected chi connectivity index (χ0v) is 19.9. The van der Waals surface area contributed by atoms with E-state index in [4.69, 9.17) is 0 Å². The molecular weight excluding hydrogens is 450 g/mol. The topological polar surface area (TPSA) is 113 Å². The van der Waals surface area contributed by atoms with Crippen LogP contribution in [0.25, 0.3) is 0 Å². The number of benzene rings is 2. The number of piperidine rings is 1. The lowest BCUT2D eigenvalue weighted by Crippen LogP contribution is -2.35. The minimum absolute atomic E-state index is 0.0848. The van der Waals surface area contributed by atoms with E-state index in [-0.39, 0.29) is 21.4 Å². The van der Waals surface area contributed by atoms with Gasteiger partial charge in [0, 0.05) is 30.4 Å². The molecule has 1 fully saturated rings. The van der Waals surface area contributed by atoms with Gasteiger partial charge in [-0.15, -0.1) is 0 Å². The van der Waals surface area contributed by atoms with Crippen molar-refractivity contribution >= 4 is 31.6 Å². The maximum atomic E-state index is 12.7. The molecule has 0 aromatic heterocycles. The Morgan fingerprint density at radius 3 is 2.03 bits per heavy atom. The van der Waals surface area contributed by atoms with E-state index in [1.165, 1.54) is 40.7 Å². The molecule has 2 aromatic carbocycles. The van der Waals surface area contributed by atoms with Crippen LogP contribution in [0.15, 0.2) is 58.3 Å². The summed E-state index contributed by atoms with van der Waals surface area (Å²) < 4.78 is 54.2. The van der Waals surface area contributed by atoms with Gasteiger partial charge in [-0.05, 0) is 74.7 Å². The van der Waals surface area contributed by atoms with E-state index in [1.54, 1.807) is 19.1 Å². The van der Waals surface area contributed by atoms with E-state index in [9.17, 15) is 21.6 Å². The SMILES string of the molecule is CCC(C)NS(=O)(=O)c1ccc(C(=O)Nc2ccc(S(=O)(=O)N3CCCCC3)cc2)cc1. The Bertz CT molecular complexity index is 1140. The first-order valence-electron chi connectivity index (χ1n) is 10.7. The van der Waals surface area contributed by atoms with Crippen molar-refractivity contribution in [1.82, 2.24) is 9.03 Å². The van der Waals surface area contributed by atoms with Crippen LogP contribution in [-0.2, 0) is 20.0 Å². The highest BCUT2D eigenvalue weighted by atomic mass is 32.2. The molecule has 0 spiro atoms. The molecule has 1 atom stereocenters. The summed E-state index contributed by atoms with van der Waals surface area (Å²) in [5.74, 6) is -0.421. The van der Waals surface area contributed by atoms with Crippen LogP contribution in [0.5, 0.6) is 0 Å². The number of rotatable bonds is 8. The highest BCUT2D eigenvalue weighted by Gasteiger charge is 2.25. The molecule has 0 aliphatic carbocycles. The van der Waals surface area contributed by atoms with Crippen molar-refractivity contribution in [2.45, 2.75) is 55.4 Å². The number of nitrogens with one attached hydrogen (secondary N) is 2. The van der Waals surface area contributed by atoms with Gasteiger partial charge in [-0.3, -0.25) is 4.79 Å². The second-order valence-corrected chi connectivity index (χ2v) is 11.6. The quantitative estimate of drug-likeness (QED) is 0.604. The van der Waals surface area contributed by atoms with Gasteiger partial charge in [0.1, 0.15) is 0 Å². The number of amides is 1. The summed E-state index contributed by atoms with van der Waals surface area (Å²) in [5, 5.41) is 2.70. The van der Waals surface area contributed by atoms with Crippen LogP contribution >= 0.6 is 0 Å². The summed E-state index contributed by atoms with van der Waals surface area (Å²) in [7, 11) is -7.17.